The quantitative estimate of drug-likeness (QED) is 0.849. The minimum Gasteiger partial charge on any atom is -0.378 e. The summed E-state index contributed by atoms with van der Waals surface area (Å²) in [6, 6.07) is 1.99. The van der Waals surface area contributed by atoms with Gasteiger partial charge in [0.15, 0.2) is 0 Å². The highest BCUT2D eigenvalue weighted by molar-refractivity contribution is 9.10. The van der Waals surface area contributed by atoms with Gasteiger partial charge in [0.2, 0.25) is 0 Å². The van der Waals surface area contributed by atoms with Crippen LogP contribution in [0.1, 0.15) is 13.3 Å². The second-order valence-corrected chi connectivity index (χ2v) is 6.03. The maximum atomic E-state index is 12.0. The lowest BCUT2D eigenvalue weighted by Gasteiger charge is -2.46. The van der Waals surface area contributed by atoms with Gasteiger partial charge in [-0.15, -0.1) is 0 Å². The van der Waals surface area contributed by atoms with Gasteiger partial charge >= 0.3 is 0 Å². The molecule has 3 rings (SSSR count). The molecule has 1 N–H and O–H groups in total. The molecule has 2 saturated heterocycles. The van der Waals surface area contributed by atoms with Crippen LogP contribution in [0, 0.1) is 0 Å². The molecule has 2 atom stereocenters. The fraction of sp³-hybridized carbons (Fsp3) is 0.615. The van der Waals surface area contributed by atoms with E-state index < -0.39 is 0 Å². The van der Waals surface area contributed by atoms with Gasteiger partial charge in [-0.1, -0.05) is 0 Å². The zero-order chi connectivity index (χ0) is 13.5. The number of anilines is 1. The van der Waals surface area contributed by atoms with Crippen LogP contribution in [-0.2, 0) is 9.47 Å². The third-order valence-corrected chi connectivity index (χ3v) is 4.58. The number of hydrogen-bond donors (Lipinski definition) is 1. The molecule has 3 heterocycles. The van der Waals surface area contributed by atoms with E-state index in [1.54, 1.807) is 6.20 Å². The Kier molecular flexibility index (Phi) is 3.41. The van der Waals surface area contributed by atoms with Crippen LogP contribution < -0.4 is 10.5 Å². The molecule has 0 radical (unpaired) electrons. The predicted molar refractivity (Wildman–Crippen MR) is 75.7 cm³/mol. The summed E-state index contributed by atoms with van der Waals surface area (Å²) < 4.78 is 12.3. The number of hydrogen-bond acceptors (Lipinski definition) is 4. The molecule has 5 nitrogen and oxygen atoms in total. The average Bonchev–Trinajstić information content (AvgIpc) is 2.86. The molecule has 1 aromatic rings. The molecule has 2 unspecified atom stereocenters. The number of nitrogens with one attached hydrogen (secondary N) is 1. The van der Waals surface area contributed by atoms with Gasteiger partial charge in [0.25, 0.3) is 5.56 Å². The molecule has 0 aliphatic carbocycles. The molecule has 0 saturated carbocycles. The third-order valence-electron chi connectivity index (χ3n) is 4.12. The number of aromatic nitrogens is 1. The first kappa shape index (κ1) is 13.1. The van der Waals surface area contributed by atoms with E-state index >= 15 is 0 Å². The Bertz CT molecular complexity index is 525. The first-order chi connectivity index (χ1) is 9.12. The fourth-order valence-electron chi connectivity index (χ4n) is 2.94. The summed E-state index contributed by atoms with van der Waals surface area (Å²) >= 11 is 3.41. The van der Waals surface area contributed by atoms with Gasteiger partial charge in [0, 0.05) is 30.2 Å². The zero-order valence-electron chi connectivity index (χ0n) is 10.8. The highest BCUT2D eigenvalue weighted by atomic mass is 79.9. The number of pyridine rings is 1. The molecule has 2 fully saturated rings. The van der Waals surface area contributed by atoms with Gasteiger partial charge in [0.05, 0.1) is 19.3 Å². The van der Waals surface area contributed by atoms with Crippen molar-refractivity contribution in [1.82, 2.24) is 4.98 Å². The van der Waals surface area contributed by atoms with Crippen LogP contribution in [0.25, 0.3) is 0 Å². The van der Waals surface area contributed by atoms with Crippen LogP contribution in [0.4, 0.5) is 5.69 Å². The molecule has 0 amide bonds. The van der Waals surface area contributed by atoms with Gasteiger partial charge in [-0.3, -0.25) is 4.79 Å². The van der Waals surface area contributed by atoms with Crippen molar-refractivity contribution in [3.8, 4) is 0 Å². The van der Waals surface area contributed by atoms with Gasteiger partial charge in [-0.05, 0) is 28.9 Å². The van der Waals surface area contributed by atoms with Crippen LogP contribution in [0.15, 0.2) is 21.5 Å². The summed E-state index contributed by atoms with van der Waals surface area (Å²) in [5.74, 6) is 0. The molecule has 2 aliphatic rings. The smallest absolute Gasteiger partial charge is 0.271 e. The number of aromatic amines is 1. The maximum Gasteiger partial charge on any atom is 0.271 e. The van der Waals surface area contributed by atoms with E-state index in [0.29, 0.717) is 18.9 Å². The Morgan fingerprint density at radius 1 is 1.53 bits per heavy atom. The Labute approximate surface area is 120 Å². The van der Waals surface area contributed by atoms with Gasteiger partial charge in [0.1, 0.15) is 11.3 Å². The molecule has 2 aliphatic heterocycles. The van der Waals surface area contributed by atoms with Crippen molar-refractivity contribution >= 4 is 21.6 Å². The van der Waals surface area contributed by atoms with Crippen molar-refractivity contribution in [2.24, 2.45) is 0 Å². The largest absolute Gasteiger partial charge is 0.378 e. The summed E-state index contributed by atoms with van der Waals surface area (Å²) in [5.41, 5.74) is 0.356. The molecule has 1 spiro atoms. The molecule has 0 bridgehead atoms. The molecule has 6 heteroatoms. The van der Waals surface area contributed by atoms with Gasteiger partial charge < -0.3 is 19.4 Å². The minimum atomic E-state index is -0.271. The lowest BCUT2D eigenvalue weighted by atomic mass is 9.91. The van der Waals surface area contributed by atoms with Crippen LogP contribution in [-0.4, -0.2) is 43.0 Å². The zero-order valence-corrected chi connectivity index (χ0v) is 12.4. The lowest BCUT2D eigenvalue weighted by molar-refractivity contribution is -0.0813. The Morgan fingerprint density at radius 2 is 2.37 bits per heavy atom. The van der Waals surface area contributed by atoms with Gasteiger partial charge in [-0.25, -0.2) is 0 Å². The lowest BCUT2D eigenvalue weighted by Crippen LogP contribution is -2.60. The van der Waals surface area contributed by atoms with Crippen molar-refractivity contribution < 1.29 is 9.47 Å². The molecule has 104 valence electrons. The van der Waals surface area contributed by atoms with Crippen molar-refractivity contribution in [2.75, 3.05) is 31.3 Å². The molecule has 1 aromatic heterocycles. The SMILES string of the molecule is CC1N(c2cc(Br)c[nH]c2=O)CCOC12CCOC2. The van der Waals surface area contributed by atoms with Crippen LogP contribution in [0.5, 0.6) is 0 Å². The normalized spacial score (nSPS) is 31.1. The highest BCUT2D eigenvalue weighted by Crippen LogP contribution is 2.34. The summed E-state index contributed by atoms with van der Waals surface area (Å²) in [7, 11) is 0. The maximum absolute atomic E-state index is 12.0. The topological polar surface area (TPSA) is 54.6 Å². The van der Waals surface area contributed by atoms with E-state index in [1.165, 1.54) is 0 Å². The summed E-state index contributed by atoms with van der Waals surface area (Å²) in [6.07, 6.45) is 2.54. The monoisotopic (exact) mass is 328 g/mol. The van der Waals surface area contributed by atoms with Gasteiger partial charge in [-0.2, -0.15) is 0 Å². The molecular weight excluding hydrogens is 312 g/mol. The van der Waals surface area contributed by atoms with E-state index in [9.17, 15) is 4.79 Å². The second-order valence-electron chi connectivity index (χ2n) is 5.12. The fourth-order valence-corrected chi connectivity index (χ4v) is 3.27. The van der Waals surface area contributed by atoms with Crippen LogP contribution in [0.2, 0.25) is 0 Å². The van der Waals surface area contributed by atoms with Crippen molar-refractivity contribution in [1.29, 1.82) is 0 Å². The first-order valence-corrected chi connectivity index (χ1v) is 7.28. The molecule has 19 heavy (non-hydrogen) atoms. The number of rotatable bonds is 1. The summed E-state index contributed by atoms with van der Waals surface area (Å²) in [4.78, 5) is 16.9. The number of ether oxygens (including phenoxy) is 2. The second kappa shape index (κ2) is 4.92. The number of H-pyrrole nitrogens is 1. The number of morpholine rings is 1. The Balaban J connectivity index is 1.96. The van der Waals surface area contributed by atoms with Crippen molar-refractivity contribution in [3.63, 3.8) is 0 Å². The van der Waals surface area contributed by atoms with E-state index in [2.05, 4.69) is 32.7 Å². The Morgan fingerprint density at radius 3 is 3.11 bits per heavy atom. The predicted octanol–water partition coefficient (Wildman–Crippen LogP) is 1.52. The average molecular weight is 329 g/mol. The van der Waals surface area contributed by atoms with E-state index in [0.717, 1.165) is 24.0 Å². The summed E-state index contributed by atoms with van der Waals surface area (Å²) in [5, 5.41) is 0. The van der Waals surface area contributed by atoms with Crippen molar-refractivity contribution in [3.05, 3.63) is 27.1 Å². The highest BCUT2D eigenvalue weighted by Gasteiger charge is 2.46. The Hall–Kier alpha value is -0.850. The third kappa shape index (κ3) is 2.22. The molecular formula is C13H17BrN2O3. The van der Waals surface area contributed by atoms with Crippen molar-refractivity contribution in [2.45, 2.75) is 25.0 Å². The number of halogens is 1. The minimum absolute atomic E-state index is 0.0639. The van der Waals surface area contributed by atoms with Crippen LogP contribution in [0.3, 0.4) is 0 Å². The van der Waals surface area contributed by atoms with Crippen LogP contribution >= 0.6 is 15.9 Å². The standard InChI is InChI=1S/C13H17BrN2O3/c1-9-13(2-4-18-8-13)19-5-3-16(9)11-6-10(14)7-15-12(11)17/h6-7,9H,2-5,8H2,1H3,(H,15,17). The summed E-state index contributed by atoms with van der Waals surface area (Å²) in [6.45, 7) is 4.79. The first-order valence-electron chi connectivity index (χ1n) is 6.49. The van der Waals surface area contributed by atoms with E-state index in [1.807, 2.05) is 6.07 Å². The molecule has 0 aromatic carbocycles. The van der Waals surface area contributed by atoms with E-state index in [4.69, 9.17) is 9.47 Å². The van der Waals surface area contributed by atoms with E-state index in [-0.39, 0.29) is 17.2 Å². The number of nitrogens with zero attached hydrogens (tertiary/aromatic N) is 1.